The molecule has 2 atom stereocenters. The van der Waals surface area contributed by atoms with Crippen LogP contribution in [0.15, 0.2) is 39.9 Å². The first kappa shape index (κ1) is 14.8. The van der Waals surface area contributed by atoms with Crippen molar-refractivity contribution in [3.8, 4) is 0 Å². The van der Waals surface area contributed by atoms with E-state index in [-0.39, 0.29) is 6.04 Å². The molecule has 0 radical (unpaired) electrons. The van der Waals surface area contributed by atoms with Crippen molar-refractivity contribution in [3.05, 3.63) is 56.3 Å². The van der Waals surface area contributed by atoms with Crippen molar-refractivity contribution in [1.82, 2.24) is 5.32 Å². The summed E-state index contributed by atoms with van der Waals surface area (Å²) in [6.07, 6.45) is 2.26. The lowest BCUT2D eigenvalue weighted by Gasteiger charge is -2.21. The van der Waals surface area contributed by atoms with E-state index in [0.717, 1.165) is 24.9 Å². The highest BCUT2D eigenvalue weighted by Gasteiger charge is 2.23. The maximum absolute atomic E-state index is 11.8. The van der Waals surface area contributed by atoms with Crippen LogP contribution < -0.4 is 26.8 Å². The Morgan fingerprint density at radius 1 is 1.18 bits per heavy atom. The molecule has 2 aromatic rings. The summed E-state index contributed by atoms with van der Waals surface area (Å²) in [6.45, 7) is 3.68. The van der Waals surface area contributed by atoms with Crippen molar-refractivity contribution in [2.45, 2.75) is 31.8 Å². The van der Waals surface area contributed by atoms with Gasteiger partial charge in [0.25, 0.3) is 10.9 Å². The normalized spacial score (nSPS) is 19.2. The second-order valence-electron chi connectivity index (χ2n) is 5.86. The summed E-state index contributed by atoms with van der Waals surface area (Å²) in [6, 6.07) is 10.2. The molecule has 3 N–H and O–H groups in total. The molecule has 0 bridgehead atoms. The first-order chi connectivity index (χ1) is 10.7. The second-order valence-corrected chi connectivity index (χ2v) is 5.86. The van der Waals surface area contributed by atoms with Gasteiger partial charge in [0.15, 0.2) is 0 Å². The Labute approximate surface area is 129 Å². The molecule has 5 heteroatoms. The molecular formula is C17H21N3O2. The molecule has 116 valence electrons. The SMILES string of the molecule is C[C@H](Nc1c(NC[C@@H]2CCCN2)c(=O)c1=O)c1ccccc1. The van der Waals surface area contributed by atoms with Gasteiger partial charge in [-0.05, 0) is 31.9 Å². The van der Waals surface area contributed by atoms with Crippen LogP contribution in [0.4, 0.5) is 11.4 Å². The van der Waals surface area contributed by atoms with Crippen LogP contribution in [-0.4, -0.2) is 19.1 Å². The molecule has 0 amide bonds. The first-order valence-electron chi connectivity index (χ1n) is 7.79. The van der Waals surface area contributed by atoms with E-state index >= 15 is 0 Å². The van der Waals surface area contributed by atoms with E-state index < -0.39 is 10.9 Å². The molecule has 0 unspecified atom stereocenters. The van der Waals surface area contributed by atoms with Gasteiger partial charge in [-0.25, -0.2) is 0 Å². The predicted octanol–water partition coefficient (Wildman–Crippen LogP) is 1.62. The zero-order valence-corrected chi connectivity index (χ0v) is 12.7. The smallest absolute Gasteiger partial charge is 0.253 e. The molecular weight excluding hydrogens is 278 g/mol. The Morgan fingerprint density at radius 2 is 1.91 bits per heavy atom. The third kappa shape index (κ3) is 2.90. The summed E-state index contributed by atoms with van der Waals surface area (Å²) in [5, 5.41) is 9.66. The van der Waals surface area contributed by atoms with Crippen LogP contribution in [0.1, 0.15) is 31.4 Å². The number of hydrogen-bond donors (Lipinski definition) is 3. The Balaban J connectivity index is 1.67. The Morgan fingerprint density at radius 3 is 2.59 bits per heavy atom. The fraction of sp³-hybridized carbons (Fsp3) is 0.412. The lowest BCUT2D eigenvalue weighted by atomic mass is 10.1. The van der Waals surface area contributed by atoms with Gasteiger partial charge >= 0.3 is 0 Å². The zero-order valence-electron chi connectivity index (χ0n) is 12.7. The van der Waals surface area contributed by atoms with Gasteiger partial charge < -0.3 is 16.0 Å². The third-order valence-electron chi connectivity index (χ3n) is 4.26. The number of nitrogens with one attached hydrogen (secondary N) is 3. The number of rotatable bonds is 6. The van der Waals surface area contributed by atoms with Crippen LogP contribution in [0.3, 0.4) is 0 Å². The van der Waals surface area contributed by atoms with Gasteiger partial charge in [-0.2, -0.15) is 0 Å². The molecule has 5 nitrogen and oxygen atoms in total. The molecule has 22 heavy (non-hydrogen) atoms. The highest BCUT2D eigenvalue weighted by atomic mass is 16.2. The molecule has 1 heterocycles. The lowest BCUT2D eigenvalue weighted by molar-refractivity contribution is 0.633. The summed E-state index contributed by atoms with van der Waals surface area (Å²) in [5.41, 5.74) is 1.09. The van der Waals surface area contributed by atoms with Crippen molar-refractivity contribution in [2.75, 3.05) is 23.7 Å². The fourth-order valence-corrected chi connectivity index (χ4v) is 2.90. The Bertz CT molecular complexity index is 698. The van der Waals surface area contributed by atoms with Crippen molar-refractivity contribution in [2.24, 2.45) is 0 Å². The van der Waals surface area contributed by atoms with Crippen molar-refractivity contribution < 1.29 is 0 Å². The quantitative estimate of drug-likeness (QED) is 0.707. The number of hydrogen-bond acceptors (Lipinski definition) is 5. The van der Waals surface area contributed by atoms with Crippen molar-refractivity contribution in [3.63, 3.8) is 0 Å². The maximum atomic E-state index is 11.8. The molecule has 0 saturated carbocycles. The van der Waals surface area contributed by atoms with E-state index in [9.17, 15) is 9.59 Å². The van der Waals surface area contributed by atoms with Crippen LogP contribution in [0.5, 0.6) is 0 Å². The Hall–Kier alpha value is -2.14. The topological polar surface area (TPSA) is 70.2 Å². The molecule has 3 rings (SSSR count). The average Bonchev–Trinajstić information content (AvgIpc) is 3.07. The largest absolute Gasteiger partial charge is 0.378 e. The highest BCUT2D eigenvalue weighted by molar-refractivity contribution is 5.74. The summed E-state index contributed by atoms with van der Waals surface area (Å²) in [7, 11) is 0. The van der Waals surface area contributed by atoms with Gasteiger partial charge in [-0.15, -0.1) is 0 Å². The number of anilines is 2. The van der Waals surface area contributed by atoms with E-state index in [1.165, 1.54) is 0 Å². The molecule has 0 spiro atoms. The minimum absolute atomic E-state index is 0.0188. The standard InChI is InChI=1S/C17H21N3O2/c1-11(12-6-3-2-4-7-12)20-15-14(16(21)17(15)22)19-10-13-8-5-9-18-13/h2-4,6-7,11,13,18-20H,5,8-10H2,1H3/t11-,13-/m0/s1. The number of benzene rings is 1. The third-order valence-corrected chi connectivity index (χ3v) is 4.26. The van der Waals surface area contributed by atoms with E-state index in [1.54, 1.807) is 0 Å². The van der Waals surface area contributed by atoms with Crippen LogP contribution in [0.2, 0.25) is 0 Å². The molecule has 1 aliphatic heterocycles. The molecule has 0 aromatic heterocycles. The molecule has 1 saturated heterocycles. The minimum Gasteiger partial charge on any atom is -0.378 e. The van der Waals surface area contributed by atoms with Gasteiger partial charge in [0.05, 0.1) is 0 Å². The molecule has 2 aromatic carbocycles. The second kappa shape index (κ2) is 6.32. The van der Waals surface area contributed by atoms with E-state index in [1.807, 2.05) is 37.3 Å². The van der Waals surface area contributed by atoms with E-state index in [4.69, 9.17) is 0 Å². The Kier molecular flexibility index (Phi) is 4.24. The monoisotopic (exact) mass is 299 g/mol. The van der Waals surface area contributed by atoms with E-state index in [2.05, 4.69) is 16.0 Å². The predicted molar refractivity (Wildman–Crippen MR) is 89.3 cm³/mol. The van der Waals surface area contributed by atoms with E-state index in [0.29, 0.717) is 24.0 Å². The van der Waals surface area contributed by atoms with Gasteiger partial charge in [0.2, 0.25) is 0 Å². The highest BCUT2D eigenvalue weighted by Crippen LogP contribution is 2.22. The minimum atomic E-state index is -0.426. The molecule has 1 aliphatic rings. The maximum Gasteiger partial charge on any atom is 0.253 e. The van der Waals surface area contributed by atoms with Crippen LogP contribution in [0.25, 0.3) is 0 Å². The summed E-state index contributed by atoms with van der Waals surface area (Å²) in [4.78, 5) is 23.6. The molecule has 1 fully saturated rings. The fourth-order valence-electron chi connectivity index (χ4n) is 2.90. The van der Waals surface area contributed by atoms with Gasteiger partial charge in [-0.3, -0.25) is 9.59 Å². The average molecular weight is 299 g/mol. The summed E-state index contributed by atoms with van der Waals surface area (Å²) in [5.74, 6) is 0. The van der Waals surface area contributed by atoms with Crippen LogP contribution in [0, 0.1) is 0 Å². The van der Waals surface area contributed by atoms with Crippen LogP contribution in [-0.2, 0) is 0 Å². The van der Waals surface area contributed by atoms with Gasteiger partial charge in [0, 0.05) is 18.6 Å². The summed E-state index contributed by atoms with van der Waals surface area (Å²) >= 11 is 0. The van der Waals surface area contributed by atoms with Gasteiger partial charge in [0.1, 0.15) is 11.4 Å². The zero-order chi connectivity index (χ0) is 15.5. The summed E-state index contributed by atoms with van der Waals surface area (Å²) < 4.78 is 0. The first-order valence-corrected chi connectivity index (χ1v) is 7.79. The van der Waals surface area contributed by atoms with Crippen LogP contribution >= 0.6 is 0 Å². The van der Waals surface area contributed by atoms with Crippen molar-refractivity contribution in [1.29, 1.82) is 0 Å². The van der Waals surface area contributed by atoms with Gasteiger partial charge in [-0.1, -0.05) is 30.3 Å². The molecule has 0 aliphatic carbocycles. The lowest BCUT2D eigenvalue weighted by Crippen LogP contribution is -2.40. The van der Waals surface area contributed by atoms with Crippen molar-refractivity contribution >= 4 is 11.4 Å².